The quantitative estimate of drug-likeness (QED) is 0.545. The first-order chi connectivity index (χ1) is 15.7. The number of aromatic nitrogens is 4. The van der Waals surface area contributed by atoms with Crippen molar-refractivity contribution in [2.45, 2.75) is 81.4 Å². The van der Waals surface area contributed by atoms with Crippen molar-refractivity contribution in [1.82, 2.24) is 25.1 Å². The SMILES string of the molecule is COc1ccc(-n2nnnc2SCC(=O)N(C2CCCCC2)C2CCCCC2)cc1OC. The van der Waals surface area contributed by atoms with Gasteiger partial charge in [-0.05, 0) is 48.2 Å². The van der Waals surface area contributed by atoms with Gasteiger partial charge in [0.15, 0.2) is 11.5 Å². The van der Waals surface area contributed by atoms with Crippen LogP contribution in [0.15, 0.2) is 23.4 Å². The van der Waals surface area contributed by atoms with Crippen LogP contribution in [0.2, 0.25) is 0 Å². The van der Waals surface area contributed by atoms with Crippen LogP contribution in [0.25, 0.3) is 5.69 Å². The molecule has 0 aliphatic heterocycles. The predicted octanol–water partition coefficient (Wildman–Crippen LogP) is 4.27. The molecule has 0 spiro atoms. The summed E-state index contributed by atoms with van der Waals surface area (Å²) in [6.45, 7) is 0. The van der Waals surface area contributed by atoms with Gasteiger partial charge in [-0.1, -0.05) is 50.3 Å². The number of benzene rings is 1. The molecule has 2 aliphatic rings. The van der Waals surface area contributed by atoms with Crippen LogP contribution in [0.5, 0.6) is 11.5 Å². The summed E-state index contributed by atoms with van der Waals surface area (Å²) in [5, 5.41) is 12.7. The Morgan fingerprint density at radius 3 is 2.22 bits per heavy atom. The number of methoxy groups -OCH3 is 2. The Balaban J connectivity index is 1.48. The molecule has 2 saturated carbocycles. The van der Waals surface area contributed by atoms with Crippen molar-refractivity contribution < 1.29 is 14.3 Å². The fraction of sp³-hybridized carbons (Fsp3) is 0.652. The molecule has 2 aromatic rings. The molecule has 8 nitrogen and oxygen atoms in total. The van der Waals surface area contributed by atoms with E-state index < -0.39 is 0 Å². The molecule has 2 fully saturated rings. The molecular formula is C23H33N5O3S. The lowest BCUT2D eigenvalue weighted by Gasteiger charge is -2.41. The smallest absolute Gasteiger partial charge is 0.233 e. The van der Waals surface area contributed by atoms with Crippen molar-refractivity contribution in [2.24, 2.45) is 0 Å². The molecule has 9 heteroatoms. The zero-order valence-corrected chi connectivity index (χ0v) is 19.9. The van der Waals surface area contributed by atoms with Crippen LogP contribution in [0.1, 0.15) is 64.2 Å². The van der Waals surface area contributed by atoms with Crippen molar-refractivity contribution in [2.75, 3.05) is 20.0 Å². The van der Waals surface area contributed by atoms with Crippen molar-refractivity contribution in [1.29, 1.82) is 0 Å². The first kappa shape index (κ1) is 22.9. The highest BCUT2D eigenvalue weighted by molar-refractivity contribution is 7.99. The van der Waals surface area contributed by atoms with Crippen LogP contribution in [0.4, 0.5) is 0 Å². The second-order valence-corrected chi connectivity index (χ2v) is 9.53. The summed E-state index contributed by atoms with van der Waals surface area (Å²) in [5.41, 5.74) is 0.763. The minimum atomic E-state index is 0.218. The first-order valence-electron chi connectivity index (χ1n) is 11.7. The van der Waals surface area contributed by atoms with Gasteiger partial charge in [-0.3, -0.25) is 4.79 Å². The normalized spacial score (nSPS) is 17.8. The highest BCUT2D eigenvalue weighted by atomic mass is 32.2. The summed E-state index contributed by atoms with van der Waals surface area (Å²) in [5.74, 6) is 1.81. The maximum atomic E-state index is 13.5. The number of ether oxygens (including phenoxy) is 2. The van der Waals surface area contributed by atoms with E-state index >= 15 is 0 Å². The summed E-state index contributed by atoms with van der Waals surface area (Å²) in [6, 6.07) is 6.31. The third-order valence-corrected chi connectivity index (χ3v) is 7.51. The number of hydrogen-bond donors (Lipinski definition) is 0. The van der Waals surface area contributed by atoms with E-state index in [9.17, 15) is 4.79 Å². The predicted molar refractivity (Wildman–Crippen MR) is 124 cm³/mol. The molecular weight excluding hydrogens is 426 g/mol. The highest BCUT2D eigenvalue weighted by Crippen LogP contribution is 2.32. The van der Waals surface area contributed by atoms with E-state index in [1.165, 1.54) is 50.3 Å². The number of thioether (sulfide) groups is 1. The molecule has 0 N–H and O–H groups in total. The van der Waals surface area contributed by atoms with E-state index in [1.54, 1.807) is 18.9 Å². The second-order valence-electron chi connectivity index (χ2n) is 8.59. The van der Waals surface area contributed by atoms with E-state index in [0.717, 1.165) is 31.4 Å². The Kier molecular flexibility index (Phi) is 7.89. The Bertz CT molecular complexity index is 876. The zero-order chi connectivity index (χ0) is 22.3. The maximum Gasteiger partial charge on any atom is 0.233 e. The molecule has 4 rings (SSSR count). The van der Waals surface area contributed by atoms with Gasteiger partial charge in [0.1, 0.15) is 0 Å². The van der Waals surface area contributed by atoms with E-state index in [-0.39, 0.29) is 5.91 Å². The Hall–Kier alpha value is -2.29. The molecule has 2 aliphatic carbocycles. The molecule has 0 bridgehead atoms. The molecule has 1 aromatic carbocycles. The van der Waals surface area contributed by atoms with Crippen molar-refractivity contribution >= 4 is 17.7 Å². The van der Waals surface area contributed by atoms with Gasteiger partial charge < -0.3 is 14.4 Å². The number of carbonyl (C=O) groups excluding carboxylic acids is 1. The molecule has 0 saturated heterocycles. The van der Waals surface area contributed by atoms with Crippen LogP contribution < -0.4 is 9.47 Å². The van der Waals surface area contributed by atoms with Gasteiger partial charge >= 0.3 is 0 Å². The molecule has 0 unspecified atom stereocenters. The molecule has 1 amide bonds. The average Bonchev–Trinajstić information content (AvgIpc) is 3.32. The third kappa shape index (κ3) is 5.19. The summed E-state index contributed by atoms with van der Waals surface area (Å²) in [4.78, 5) is 15.7. The molecule has 0 radical (unpaired) electrons. The summed E-state index contributed by atoms with van der Waals surface area (Å²) >= 11 is 1.40. The number of nitrogens with zero attached hydrogens (tertiary/aromatic N) is 5. The first-order valence-corrected chi connectivity index (χ1v) is 12.6. The van der Waals surface area contributed by atoms with Crippen LogP contribution in [-0.2, 0) is 4.79 Å². The van der Waals surface area contributed by atoms with Gasteiger partial charge in [0.05, 0.1) is 25.7 Å². The number of rotatable bonds is 8. The standard InChI is InChI=1S/C23H33N5O3S/c1-30-20-14-13-19(15-21(20)31-2)28-23(24-25-26-28)32-16-22(29)27(17-9-5-3-6-10-17)18-11-7-4-8-12-18/h13-15,17-18H,3-12,16H2,1-2H3. The minimum absolute atomic E-state index is 0.218. The van der Waals surface area contributed by atoms with Gasteiger partial charge in [-0.15, -0.1) is 5.10 Å². The summed E-state index contributed by atoms with van der Waals surface area (Å²) in [7, 11) is 3.20. The lowest BCUT2D eigenvalue weighted by molar-refractivity contribution is -0.135. The maximum absolute atomic E-state index is 13.5. The summed E-state index contributed by atoms with van der Waals surface area (Å²) < 4.78 is 12.4. The van der Waals surface area contributed by atoms with E-state index in [1.807, 2.05) is 18.2 Å². The average molecular weight is 460 g/mol. The van der Waals surface area contributed by atoms with E-state index in [4.69, 9.17) is 9.47 Å². The van der Waals surface area contributed by atoms with Gasteiger partial charge in [-0.25, -0.2) is 0 Å². The van der Waals surface area contributed by atoms with E-state index in [0.29, 0.717) is 34.5 Å². The highest BCUT2D eigenvalue weighted by Gasteiger charge is 2.32. The minimum Gasteiger partial charge on any atom is -0.493 e. The molecule has 0 atom stereocenters. The Morgan fingerprint density at radius 2 is 1.62 bits per heavy atom. The molecule has 1 heterocycles. The number of hydrogen-bond acceptors (Lipinski definition) is 7. The summed E-state index contributed by atoms with van der Waals surface area (Å²) in [6.07, 6.45) is 12.0. The second kappa shape index (κ2) is 11.0. The fourth-order valence-corrected chi connectivity index (χ4v) is 5.77. The molecule has 174 valence electrons. The fourth-order valence-electron chi connectivity index (χ4n) is 5.01. The number of tetrazole rings is 1. The van der Waals surface area contributed by atoms with Crippen molar-refractivity contribution in [3.63, 3.8) is 0 Å². The van der Waals surface area contributed by atoms with Gasteiger partial charge in [0.25, 0.3) is 0 Å². The monoisotopic (exact) mass is 459 g/mol. The molecule has 32 heavy (non-hydrogen) atoms. The van der Waals surface area contributed by atoms with Crippen LogP contribution >= 0.6 is 11.8 Å². The van der Waals surface area contributed by atoms with E-state index in [2.05, 4.69) is 20.4 Å². The van der Waals surface area contributed by atoms with Gasteiger partial charge in [0, 0.05) is 18.2 Å². The van der Waals surface area contributed by atoms with Crippen LogP contribution in [0.3, 0.4) is 0 Å². The lowest BCUT2D eigenvalue weighted by Crippen LogP contribution is -2.49. The Morgan fingerprint density at radius 1 is 1.00 bits per heavy atom. The lowest BCUT2D eigenvalue weighted by atomic mass is 9.88. The molecule has 1 aromatic heterocycles. The van der Waals surface area contributed by atoms with Crippen LogP contribution in [0, 0.1) is 0 Å². The van der Waals surface area contributed by atoms with Crippen molar-refractivity contribution in [3.05, 3.63) is 18.2 Å². The Labute approximate surface area is 194 Å². The zero-order valence-electron chi connectivity index (χ0n) is 19.0. The van der Waals surface area contributed by atoms with Crippen molar-refractivity contribution in [3.8, 4) is 17.2 Å². The topological polar surface area (TPSA) is 82.4 Å². The number of carbonyl (C=O) groups is 1. The van der Waals surface area contributed by atoms with Gasteiger partial charge in [0.2, 0.25) is 11.1 Å². The van der Waals surface area contributed by atoms with Crippen LogP contribution in [-0.4, -0.2) is 63.1 Å². The third-order valence-electron chi connectivity index (χ3n) is 6.60. The van der Waals surface area contributed by atoms with Gasteiger partial charge in [-0.2, -0.15) is 4.68 Å². The number of amides is 1. The largest absolute Gasteiger partial charge is 0.493 e.